The Kier molecular flexibility index (Phi) is 3.49. The van der Waals surface area contributed by atoms with E-state index < -0.39 is 24.0 Å². The number of rotatable bonds is 5. The number of carbonyl (C=O) groups is 2. The number of nitrogens with two attached hydrogens (primary N) is 1. The molecule has 70 valence electrons. The fourth-order valence-corrected chi connectivity index (χ4v) is 0.613. The topological polar surface area (TPSA) is 113 Å². The first-order valence-corrected chi connectivity index (χ1v) is 3.34. The van der Waals surface area contributed by atoms with Crippen LogP contribution in [0, 0.1) is 0 Å². The minimum Gasteiger partial charge on any atom is -0.480 e. The molecule has 0 saturated carbocycles. The second-order valence-electron chi connectivity index (χ2n) is 2.30. The molecule has 0 rings (SSSR count). The average Bonchev–Trinajstić information content (AvgIpc) is 1.99. The summed E-state index contributed by atoms with van der Waals surface area (Å²) in [5.74, 6) is -1.96. The van der Waals surface area contributed by atoms with Crippen molar-refractivity contribution >= 4 is 11.9 Å². The van der Waals surface area contributed by atoms with Crippen LogP contribution in [0.3, 0.4) is 0 Å². The van der Waals surface area contributed by atoms with Crippen molar-refractivity contribution in [2.75, 3.05) is 6.54 Å². The maximum Gasteiger partial charge on any atom is 0.328 e. The maximum absolute atomic E-state index is 10.8. The Bertz CT molecular complexity index is 197. The van der Waals surface area contributed by atoms with Gasteiger partial charge in [0.2, 0.25) is 5.91 Å². The minimum atomic E-state index is -1.33. The summed E-state index contributed by atoms with van der Waals surface area (Å²) in [4.78, 5) is 21.2. The molecule has 0 aromatic carbocycles. The van der Waals surface area contributed by atoms with Crippen LogP contribution >= 0.6 is 0 Å². The smallest absolute Gasteiger partial charge is 0.328 e. The zero-order valence-electron chi connectivity index (χ0n) is 7.57. The van der Waals surface area contributed by atoms with E-state index in [1.165, 1.54) is 6.92 Å². The van der Waals surface area contributed by atoms with E-state index in [1.54, 1.807) is 0 Å². The van der Waals surface area contributed by atoms with E-state index in [1.807, 2.05) is 11.0 Å². The van der Waals surface area contributed by atoms with E-state index in [0.717, 1.165) is 0 Å². The van der Waals surface area contributed by atoms with E-state index in [0.29, 0.717) is 0 Å². The molecule has 0 aromatic rings. The van der Waals surface area contributed by atoms with Gasteiger partial charge in [-0.15, -0.1) is 0 Å². The quantitative estimate of drug-likeness (QED) is 0.384. The summed E-state index contributed by atoms with van der Waals surface area (Å²) < 4.78 is 6.47. The molecule has 1 amide bonds. The summed E-state index contributed by atoms with van der Waals surface area (Å²) in [6.45, 7) is 0.948. The summed E-state index contributed by atoms with van der Waals surface area (Å²) >= 11 is 0. The Hall–Kier alpha value is -1.14. The van der Waals surface area contributed by atoms with Crippen molar-refractivity contribution < 1.29 is 21.2 Å². The van der Waals surface area contributed by atoms with Gasteiger partial charge in [-0.05, 0) is 6.92 Å². The Morgan fingerprint density at radius 2 is 2.33 bits per heavy atom. The van der Waals surface area contributed by atoms with E-state index in [2.05, 4.69) is 0 Å². The number of carboxylic acids is 1. The highest BCUT2D eigenvalue weighted by molar-refractivity contribution is 5.84. The molecule has 0 saturated heterocycles. The average molecular weight is 177 g/mol. The van der Waals surface area contributed by atoms with Crippen molar-refractivity contribution in [2.24, 2.45) is 5.73 Å². The standard InChI is InChI=1S/C6H12N2O4/c1-3(9)5(6(11)12)8-4(10)2-7/h3,5,9H,2,7H2,1H3,(H,8,10)(H,11,12)/t3-,5+/m1/s1/i/hD. The highest BCUT2D eigenvalue weighted by atomic mass is 16.4. The second kappa shape index (κ2) is 4.68. The molecule has 0 aliphatic rings. The number of aliphatic carboxylic acids is 1. The Balaban J connectivity index is 4.10. The summed E-state index contributed by atoms with van der Waals surface area (Å²) in [7, 11) is 0. The number of hydrogen-bond acceptors (Lipinski definition) is 4. The van der Waals surface area contributed by atoms with Crippen molar-refractivity contribution in [2.45, 2.75) is 19.1 Å². The Morgan fingerprint density at radius 3 is 2.67 bits per heavy atom. The molecule has 0 aromatic heterocycles. The van der Waals surface area contributed by atoms with Gasteiger partial charge in [0.15, 0.2) is 6.04 Å². The molecule has 0 spiro atoms. The summed E-state index contributed by atoms with van der Waals surface area (Å²) in [6, 6.07) is -1.33. The monoisotopic (exact) mass is 177 g/mol. The number of hydrogen-bond donors (Lipinski definition) is 4. The van der Waals surface area contributed by atoms with Crippen LogP contribution in [-0.4, -0.2) is 40.8 Å². The zero-order chi connectivity index (χ0) is 10.4. The van der Waals surface area contributed by atoms with Crippen LogP contribution in [0.1, 0.15) is 6.92 Å². The van der Waals surface area contributed by atoms with Gasteiger partial charge in [-0.3, -0.25) is 4.79 Å². The van der Waals surface area contributed by atoms with Crippen molar-refractivity contribution in [1.29, 1.82) is 0 Å². The number of nitrogens with one attached hydrogen (secondary N) is 1. The van der Waals surface area contributed by atoms with E-state index in [9.17, 15) is 9.59 Å². The highest BCUT2D eigenvalue weighted by Gasteiger charge is 2.23. The van der Waals surface area contributed by atoms with Crippen LogP contribution in [-0.2, 0) is 9.59 Å². The Labute approximate surface area is 70.8 Å². The van der Waals surface area contributed by atoms with Crippen molar-refractivity contribution in [1.82, 2.24) is 5.32 Å². The fraction of sp³-hybridized carbons (Fsp3) is 0.667. The number of carboxylic acid groups (broad SMARTS) is 1. The first kappa shape index (κ1) is 8.95. The van der Waals surface area contributed by atoms with Gasteiger partial charge in [-0.1, -0.05) is 0 Å². The van der Waals surface area contributed by atoms with Crippen LogP contribution in [0.2, 0.25) is 1.41 Å². The lowest BCUT2D eigenvalue weighted by Crippen LogP contribution is -2.49. The van der Waals surface area contributed by atoms with Crippen LogP contribution in [0.25, 0.3) is 0 Å². The molecule has 0 heterocycles. The molecule has 0 fully saturated rings. The third-order valence-electron chi connectivity index (χ3n) is 1.23. The van der Waals surface area contributed by atoms with Crippen LogP contribution < -0.4 is 11.0 Å². The van der Waals surface area contributed by atoms with E-state index >= 15 is 0 Å². The normalized spacial score (nSPS) is 16.0. The molecule has 5 N–H and O–H groups in total. The predicted molar refractivity (Wildman–Crippen MR) is 40.3 cm³/mol. The number of aliphatic hydroxyl groups excluding tert-OH is 1. The largest absolute Gasteiger partial charge is 0.480 e. The molecule has 2 atom stereocenters. The summed E-state index contributed by atoms with van der Waals surface area (Å²) in [5, 5.41) is 19.5. The molecule has 6 nitrogen and oxygen atoms in total. The Morgan fingerprint density at radius 1 is 1.75 bits per heavy atom. The van der Waals surface area contributed by atoms with Gasteiger partial charge >= 0.3 is 5.97 Å². The van der Waals surface area contributed by atoms with Gasteiger partial charge in [0.25, 0.3) is 0 Å². The number of amides is 1. The van der Waals surface area contributed by atoms with Crippen LogP contribution in [0.15, 0.2) is 0 Å². The summed E-state index contributed by atoms with van der Waals surface area (Å²) in [6.07, 6.45) is -1.17. The molecule has 0 aliphatic heterocycles. The third kappa shape index (κ3) is 3.31. The molecule has 12 heavy (non-hydrogen) atoms. The van der Waals surface area contributed by atoms with Crippen LogP contribution in [0.5, 0.6) is 0 Å². The highest BCUT2D eigenvalue weighted by Crippen LogP contribution is 1.91. The van der Waals surface area contributed by atoms with Crippen LogP contribution in [0.4, 0.5) is 0 Å². The van der Waals surface area contributed by atoms with Gasteiger partial charge in [-0.2, -0.15) is 0 Å². The molecular weight excluding hydrogens is 164 g/mol. The van der Waals surface area contributed by atoms with E-state index in [-0.39, 0.29) is 6.54 Å². The lowest BCUT2D eigenvalue weighted by Gasteiger charge is -2.15. The lowest BCUT2D eigenvalue weighted by atomic mass is 10.2. The molecule has 0 bridgehead atoms. The van der Waals surface area contributed by atoms with E-state index in [4.69, 9.17) is 11.6 Å². The maximum atomic E-state index is 10.8. The second-order valence-corrected chi connectivity index (χ2v) is 2.30. The van der Waals surface area contributed by atoms with Crippen molar-refractivity contribution in [3.8, 4) is 0 Å². The first-order chi connectivity index (χ1) is 5.99. The summed E-state index contributed by atoms with van der Waals surface area (Å²) in [5.41, 5.74) is 1.81. The van der Waals surface area contributed by atoms with Gasteiger partial charge in [0.1, 0.15) is 1.41 Å². The zero-order valence-corrected chi connectivity index (χ0v) is 6.57. The molecular formula is C6H12N2O4. The molecule has 6 heteroatoms. The SMILES string of the molecule is [2H]NCC(=O)N[C@H](C(=O)O)[C@@H](C)O. The van der Waals surface area contributed by atoms with Gasteiger partial charge in [-0.25, -0.2) is 4.79 Å². The molecule has 0 radical (unpaired) electrons. The van der Waals surface area contributed by atoms with Gasteiger partial charge in [0, 0.05) is 0 Å². The number of aliphatic hydroxyl groups is 1. The molecule has 0 aliphatic carbocycles. The third-order valence-corrected chi connectivity index (χ3v) is 1.23. The minimum absolute atomic E-state index is 0.309. The first-order valence-electron chi connectivity index (χ1n) is 3.84. The van der Waals surface area contributed by atoms with Gasteiger partial charge in [0.05, 0.1) is 12.6 Å². The van der Waals surface area contributed by atoms with Crippen molar-refractivity contribution in [3.05, 3.63) is 0 Å². The van der Waals surface area contributed by atoms with Gasteiger partial charge < -0.3 is 21.3 Å². The number of carbonyl (C=O) groups excluding carboxylic acids is 1. The molecule has 0 unspecified atom stereocenters. The predicted octanol–water partition coefficient (Wildman–Crippen LogP) is -2.10. The fourth-order valence-electron chi connectivity index (χ4n) is 0.613. The van der Waals surface area contributed by atoms with Crippen molar-refractivity contribution in [3.63, 3.8) is 0 Å². The lowest BCUT2D eigenvalue weighted by molar-refractivity contribution is -0.144.